The number of hydrogen-bond donors (Lipinski definition) is 3. The Hall–Kier alpha value is 0.176. The van der Waals surface area contributed by atoms with E-state index < -0.39 is 12.1 Å². The van der Waals surface area contributed by atoms with Crippen molar-refractivity contribution in [1.29, 1.82) is 5.41 Å². The van der Waals surface area contributed by atoms with E-state index in [2.05, 4.69) is 10.6 Å². The quantitative estimate of drug-likeness (QED) is 0.141. The number of carboxylic acid groups (broad SMARTS) is 1. The van der Waals surface area contributed by atoms with Crippen LogP contribution in [-0.2, 0) is 4.84 Å². The Morgan fingerprint density at radius 2 is 2.22 bits per heavy atom. The molecule has 0 rings (SSSR count). The first-order valence-corrected chi connectivity index (χ1v) is 1.61. The van der Waals surface area contributed by atoms with Crippen LogP contribution in [0.25, 0.3) is 0 Å². The third-order valence-corrected chi connectivity index (χ3v) is 0.244. The van der Waals surface area contributed by atoms with Crippen LogP contribution < -0.4 is 67.7 Å². The fourth-order valence-corrected chi connectivity index (χ4v) is 0.0966. The van der Waals surface area contributed by atoms with Gasteiger partial charge in [-0.3, -0.25) is 10.9 Å². The molecule has 0 amide bonds. The minimum Gasteiger partial charge on any atom is -0.441 e. The van der Waals surface area contributed by atoms with E-state index in [-0.39, 0.29) is 51.4 Å². The number of nitrogens with one attached hydrogen (secondary N) is 2. The average Bonchev–Trinajstić information content (AvgIpc) is 1.61. The third kappa shape index (κ3) is 11.6. The van der Waals surface area contributed by atoms with Crippen molar-refractivity contribution in [3.05, 3.63) is 0 Å². The first kappa shape index (κ1) is 11.9. The molecule has 6 nitrogen and oxygen atoms in total. The number of carbonyl (C=O) groups excluding carboxylic acids is 1. The Kier molecular flexibility index (Phi) is 8.34. The summed E-state index contributed by atoms with van der Waals surface area (Å²) in [4.78, 5) is 12.9. The van der Waals surface area contributed by atoms with E-state index in [9.17, 15) is 9.90 Å². The van der Waals surface area contributed by atoms with Gasteiger partial charge in [-0.2, -0.15) is 0 Å². The molecule has 0 aliphatic heterocycles. The molecule has 0 spiro atoms. The largest absolute Gasteiger partial charge is 1.00 e. The van der Waals surface area contributed by atoms with Crippen molar-refractivity contribution in [1.82, 2.24) is 5.48 Å². The zero-order valence-corrected chi connectivity index (χ0v) is 7.93. The number of rotatable bonds is 0. The molecule has 0 atom stereocenters. The minimum atomic E-state index is -1.78. The van der Waals surface area contributed by atoms with Gasteiger partial charge in [0.15, 0.2) is 0 Å². The molecule has 0 bridgehead atoms. The molecule has 0 saturated carbocycles. The zero-order valence-electron chi connectivity index (χ0n) is 4.80. The van der Waals surface area contributed by atoms with E-state index in [4.69, 9.17) is 5.41 Å². The normalized spacial score (nSPS) is 6.67. The summed E-state index contributed by atoms with van der Waals surface area (Å²) in [6.45, 7) is 0. The van der Waals surface area contributed by atoms with Crippen molar-refractivity contribution in [3.8, 4) is 0 Å². The van der Waals surface area contributed by atoms with Gasteiger partial charge in [0.2, 0.25) is 5.96 Å². The summed E-state index contributed by atoms with van der Waals surface area (Å²) in [5.41, 5.74) is 6.14. The summed E-state index contributed by atoms with van der Waals surface area (Å²) in [6, 6.07) is 0. The van der Waals surface area contributed by atoms with Crippen LogP contribution in [0.2, 0.25) is 0 Å². The van der Waals surface area contributed by atoms with E-state index in [1.165, 1.54) is 0 Å². The topological polar surface area (TPSA) is 111 Å². The van der Waals surface area contributed by atoms with Gasteiger partial charge >= 0.3 is 51.4 Å². The molecular formula is C2H4KN3O3. The van der Waals surface area contributed by atoms with Crippen LogP contribution in [-0.4, -0.2) is 12.1 Å². The molecule has 0 radical (unpaired) electrons. The number of nitrogens with two attached hydrogens (primary N) is 1. The molecule has 0 aromatic rings. The van der Waals surface area contributed by atoms with Gasteiger partial charge in [-0.1, -0.05) is 0 Å². The first-order valence-electron chi connectivity index (χ1n) is 1.61. The van der Waals surface area contributed by atoms with Crippen molar-refractivity contribution in [3.63, 3.8) is 0 Å². The van der Waals surface area contributed by atoms with Gasteiger partial charge in [-0.15, -0.1) is 0 Å². The smallest absolute Gasteiger partial charge is 0.441 e. The Balaban J connectivity index is 0. The second kappa shape index (κ2) is 6.30. The number of guanidine groups is 1. The van der Waals surface area contributed by atoms with Crippen LogP contribution in [0.3, 0.4) is 0 Å². The second-order valence-corrected chi connectivity index (χ2v) is 0.868. The minimum absolute atomic E-state index is 0. The fraction of sp³-hybridized carbons (Fsp3) is 0. The summed E-state index contributed by atoms with van der Waals surface area (Å²) in [6.07, 6.45) is -1.78. The summed E-state index contributed by atoms with van der Waals surface area (Å²) in [7, 11) is 0. The summed E-state index contributed by atoms with van der Waals surface area (Å²) in [5, 5.41) is 15.7. The Bertz CT molecular complexity index is 102. The van der Waals surface area contributed by atoms with Crippen LogP contribution in [0.4, 0.5) is 4.79 Å². The zero-order chi connectivity index (χ0) is 6.57. The standard InChI is InChI=1S/C2H5N3O3.K/c3-1(4)5-8-2(6)7;/h(H,6,7)(H4,3,4,5);/q;+1/p-1. The number of carbonyl (C=O) groups is 1. The maximum atomic E-state index is 9.36. The second-order valence-electron chi connectivity index (χ2n) is 0.868. The predicted molar refractivity (Wildman–Crippen MR) is 21.5 cm³/mol. The fourth-order valence-electron chi connectivity index (χ4n) is 0.0966. The van der Waals surface area contributed by atoms with Crippen LogP contribution in [0.15, 0.2) is 0 Å². The van der Waals surface area contributed by atoms with Crippen molar-refractivity contribution >= 4 is 12.1 Å². The van der Waals surface area contributed by atoms with Gasteiger partial charge in [-0.05, 0) is 0 Å². The molecule has 0 saturated heterocycles. The number of hydroxylamine groups is 1. The van der Waals surface area contributed by atoms with Crippen LogP contribution in [0.1, 0.15) is 0 Å². The molecule has 46 valence electrons. The third-order valence-electron chi connectivity index (χ3n) is 0.244. The van der Waals surface area contributed by atoms with E-state index in [1.807, 2.05) is 0 Å². The van der Waals surface area contributed by atoms with E-state index in [1.54, 1.807) is 5.48 Å². The van der Waals surface area contributed by atoms with E-state index in [0.29, 0.717) is 0 Å². The molecule has 0 fully saturated rings. The molecule has 0 aromatic heterocycles. The maximum absolute atomic E-state index is 9.36. The molecule has 0 unspecified atom stereocenters. The molecular weight excluding hydrogens is 153 g/mol. The molecule has 0 aromatic carbocycles. The molecule has 0 heterocycles. The van der Waals surface area contributed by atoms with Gasteiger partial charge in [0.25, 0.3) is 6.16 Å². The molecule has 9 heavy (non-hydrogen) atoms. The summed E-state index contributed by atoms with van der Waals surface area (Å²) < 4.78 is 0. The monoisotopic (exact) mass is 157 g/mol. The van der Waals surface area contributed by atoms with Crippen LogP contribution in [0.5, 0.6) is 0 Å². The van der Waals surface area contributed by atoms with E-state index in [0.717, 1.165) is 0 Å². The number of hydrogen-bond acceptors (Lipinski definition) is 4. The van der Waals surface area contributed by atoms with Crippen molar-refractivity contribution in [2.45, 2.75) is 0 Å². The van der Waals surface area contributed by atoms with Crippen LogP contribution >= 0.6 is 0 Å². The molecule has 0 aliphatic rings. The summed E-state index contributed by atoms with van der Waals surface area (Å²) in [5.74, 6) is -0.589. The van der Waals surface area contributed by atoms with Crippen molar-refractivity contribution < 1.29 is 66.1 Å². The van der Waals surface area contributed by atoms with Gasteiger partial charge in [0.05, 0.1) is 0 Å². The Morgan fingerprint density at radius 1 is 1.78 bits per heavy atom. The van der Waals surface area contributed by atoms with Crippen molar-refractivity contribution in [2.75, 3.05) is 0 Å². The molecule has 0 aliphatic carbocycles. The SMILES string of the molecule is N=C(N)NOC(=O)[O-].[K+]. The van der Waals surface area contributed by atoms with Crippen molar-refractivity contribution in [2.24, 2.45) is 5.73 Å². The average molecular weight is 157 g/mol. The Morgan fingerprint density at radius 3 is 2.33 bits per heavy atom. The Labute approximate surface area is 93.6 Å². The first-order chi connectivity index (χ1) is 3.63. The van der Waals surface area contributed by atoms with Gasteiger partial charge in [0.1, 0.15) is 0 Å². The van der Waals surface area contributed by atoms with Gasteiger partial charge in [-0.25, -0.2) is 0 Å². The van der Waals surface area contributed by atoms with Crippen LogP contribution in [0, 0.1) is 5.41 Å². The molecule has 4 N–H and O–H groups in total. The van der Waals surface area contributed by atoms with Gasteiger partial charge < -0.3 is 20.5 Å². The van der Waals surface area contributed by atoms with E-state index >= 15 is 0 Å². The maximum Gasteiger partial charge on any atom is 1.00 e. The summed E-state index contributed by atoms with van der Waals surface area (Å²) >= 11 is 0. The predicted octanol–water partition coefficient (Wildman–Crippen LogP) is -5.25. The van der Waals surface area contributed by atoms with Gasteiger partial charge in [0, 0.05) is 0 Å². The molecule has 7 heteroatoms.